The van der Waals surface area contributed by atoms with E-state index in [4.69, 9.17) is 4.74 Å². The van der Waals surface area contributed by atoms with Crippen molar-refractivity contribution in [2.45, 2.75) is 41.9 Å². The topological polar surface area (TPSA) is 33.3 Å². The molecule has 0 unspecified atom stereocenters. The fourth-order valence-electron chi connectivity index (χ4n) is 3.45. The Bertz CT molecular complexity index is 740. The monoisotopic (exact) mass is 396 g/mol. The maximum atomic E-state index is 12.7. The zero-order valence-corrected chi connectivity index (χ0v) is 15.9. The van der Waals surface area contributed by atoms with Crippen molar-refractivity contribution >= 4 is 11.8 Å². The number of nitrogens with one attached hydrogen (secondary N) is 2. The van der Waals surface area contributed by atoms with E-state index in [1.165, 1.54) is 18.7 Å². The predicted molar refractivity (Wildman–Crippen MR) is 102 cm³/mol. The molecule has 0 spiro atoms. The summed E-state index contributed by atoms with van der Waals surface area (Å²) in [7, 11) is 1.53. The minimum Gasteiger partial charge on any atom is -0.496 e. The second kappa shape index (κ2) is 8.99. The molecule has 1 fully saturated rings. The lowest BCUT2D eigenvalue weighted by molar-refractivity contribution is -0.0328. The summed E-state index contributed by atoms with van der Waals surface area (Å²) in [5.41, 5.74) is -2.36. The molecule has 3 rings (SSSR count). The van der Waals surface area contributed by atoms with Gasteiger partial charge in [-0.25, -0.2) is 0 Å². The number of halogens is 3. The lowest BCUT2D eigenvalue weighted by atomic mass is 9.92. The summed E-state index contributed by atoms with van der Waals surface area (Å²) in [5.74, 6) is 0.592. The third kappa shape index (κ3) is 5.64. The molecule has 1 aliphatic heterocycles. The van der Waals surface area contributed by atoms with Crippen molar-refractivity contribution < 1.29 is 17.9 Å². The van der Waals surface area contributed by atoms with Gasteiger partial charge in [-0.05, 0) is 54.9 Å². The molecule has 2 aromatic carbocycles. The highest BCUT2D eigenvalue weighted by Gasteiger charge is 2.30. The molecular formula is C20H23F3N2OS. The fourth-order valence-corrected chi connectivity index (χ4v) is 4.05. The van der Waals surface area contributed by atoms with Gasteiger partial charge in [0.05, 0.1) is 7.11 Å². The van der Waals surface area contributed by atoms with Gasteiger partial charge in [-0.15, -0.1) is 0 Å². The van der Waals surface area contributed by atoms with Crippen LogP contribution in [0.5, 0.6) is 5.75 Å². The van der Waals surface area contributed by atoms with E-state index in [0.29, 0.717) is 12.3 Å². The van der Waals surface area contributed by atoms with E-state index >= 15 is 0 Å². The highest BCUT2D eigenvalue weighted by molar-refractivity contribution is 8.00. The van der Waals surface area contributed by atoms with Crippen LogP contribution in [0.2, 0.25) is 0 Å². The van der Waals surface area contributed by atoms with Crippen LogP contribution in [-0.4, -0.2) is 25.2 Å². The van der Waals surface area contributed by atoms with E-state index in [0.717, 1.165) is 24.9 Å². The van der Waals surface area contributed by atoms with Gasteiger partial charge in [0.2, 0.25) is 0 Å². The summed E-state index contributed by atoms with van der Waals surface area (Å²) in [4.78, 5) is 0.168. The molecule has 1 saturated heterocycles. The molecule has 7 heteroatoms. The molecular weight excluding hydrogens is 373 g/mol. The number of hydrogen-bond acceptors (Lipinski definition) is 4. The summed E-state index contributed by atoms with van der Waals surface area (Å²) in [6.45, 7) is 1.41. The highest BCUT2D eigenvalue weighted by atomic mass is 32.2. The first-order valence-electron chi connectivity index (χ1n) is 8.90. The number of methoxy groups -OCH3 is 1. The Hall–Kier alpha value is -1.70. The van der Waals surface area contributed by atoms with E-state index in [1.807, 2.05) is 18.2 Å². The van der Waals surface area contributed by atoms with Gasteiger partial charge >= 0.3 is 5.51 Å². The van der Waals surface area contributed by atoms with Crippen molar-refractivity contribution in [1.29, 1.82) is 0 Å². The van der Waals surface area contributed by atoms with Gasteiger partial charge in [0.25, 0.3) is 0 Å². The first-order valence-corrected chi connectivity index (χ1v) is 9.72. The van der Waals surface area contributed by atoms with E-state index in [1.54, 1.807) is 12.1 Å². The van der Waals surface area contributed by atoms with Crippen molar-refractivity contribution in [3.05, 3.63) is 59.7 Å². The lowest BCUT2D eigenvalue weighted by Crippen LogP contribution is -2.45. The van der Waals surface area contributed by atoms with Crippen molar-refractivity contribution in [2.24, 2.45) is 0 Å². The van der Waals surface area contributed by atoms with E-state index in [-0.39, 0.29) is 28.7 Å². The summed E-state index contributed by atoms with van der Waals surface area (Å²) in [6, 6.07) is 15.2. The normalized spacial score (nSPS) is 20.4. The van der Waals surface area contributed by atoms with E-state index < -0.39 is 5.51 Å². The molecule has 1 heterocycles. The van der Waals surface area contributed by atoms with Crippen molar-refractivity contribution in [1.82, 2.24) is 10.6 Å². The summed E-state index contributed by atoms with van der Waals surface area (Å²) < 4.78 is 43.4. The zero-order valence-electron chi connectivity index (χ0n) is 15.1. The lowest BCUT2D eigenvalue weighted by Gasteiger charge is -2.34. The number of alkyl halides is 3. The third-order valence-electron chi connectivity index (χ3n) is 4.66. The summed E-state index contributed by atoms with van der Waals surface area (Å²) >= 11 is -0.103. The van der Waals surface area contributed by atoms with E-state index in [9.17, 15) is 13.2 Å². The second-order valence-corrected chi connectivity index (χ2v) is 7.63. The van der Waals surface area contributed by atoms with Gasteiger partial charge in [0, 0.05) is 29.1 Å². The van der Waals surface area contributed by atoms with Crippen LogP contribution in [0, 0.1) is 0 Å². The van der Waals surface area contributed by atoms with Gasteiger partial charge < -0.3 is 15.4 Å². The van der Waals surface area contributed by atoms with Crippen LogP contribution in [-0.2, 0) is 6.54 Å². The number of ether oxygens (including phenoxy) is 1. The molecule has 1 aliphatic rings. The van der Waals surface area contributed by atoms with Crippen molar-refractivity contribution in [3.63, 3.8) is 0 Å². The molecule has 0 saturated carbocycles. The molecule has 0 aromatic heterocycles. The van der Waals surface area contributed by atoms with Crippen LogP contribution in [0.1, 0.15) is 30.0 Å². The molecule has 2 atom stereocenters. The SMILES string of the molecule is COc1ccc(SC(F)(F)F)cc1CN[C@@H]1CCCN[C@@H]1c1ccccc1. The third-order valence-corrected chi connectivity index (χ3v) is 5.38. The number of hydrogen-bond donors (Lipinski definition) is 2. The molecule has 0 bridgehead atoms. The molecule has 146 valence electrons. The molecule has 0 amide bonds. The maximum absolute atomic E-state index is 12.7. The molecule has 2 aromatic rings. The van der Waals surface area contributed by atoms with Crippen LogP contribution in [0.15, 0.2) is 53.4 Å². The quantitative estimate of drug-likeness (QED) is 0.681. The summed E-state index contributed by atoms with van der Waals surface area (Å²) in [5, 5.41) is 7.06. The Labute approximate surface area is 161 Å². The minimum absolute atomic E-state index is 0.103. The van der Waals surface area contributed by atoms with E-state index in [2.05, 4.69) is 22.8 Å². The first kappa shape index (κ1) is 20.0. The van der Waals surface area contributed by atoms with Gasteiger partial charge in [0.1, 0.15) is 5.75 Å². The second-order valence-electron chi connectivity index (χ2n) is 6.49. The van der Waals surface area contributed by atoms with Crippen LogP contribution in [0.3, 0.4) is 0 Å². The molecule has 0 radical (unpaired) electrons. The first-order chi connectivity index (χ1) is 13.0. The summed E-state index contributed by atoms with van der Waals surface area (Å²) in [6.07, 6.45) is 2.06. The Kier molecular flexibility index (Phi) is 6.68. The Morgan fingerprint density at radius 3 is 2.67 bits per heavy atom. The molecule has 0 aliphatic carbocycles. The number of benzene rings is 2. The Balaban J connectivity index is 1.73. The van der Waals surface area contributed by atoms with Crippen LogP contribution < -0.4 is 15.4 Å². The average Bonchev–Trinajstić information content (AvgIpc) is 2.66. The zero-order chi connectivity index (χ0) is 19.3. The predicted octanol–water partition coefficient (Wildman–Crippen LogP) is 4.89. The number of thioether (sulfide) groups is 1. The fraction of sp³-hybridized carbons (Fsp3) is 0.400. The van der Waals surface area contributed by atoms with Crippen LogP contribution in [0.25, 0.3) is 0 Å². The van der Waals surface area contributed by atoms with Crippen molar-refractivity contribution in [3.8, 4) is 5.75 Å². The molecule has 3 nitrogen and oxygen atoms in total. The van der Waals surface area contributed by atoms with Gasteiger partial charge in [-0.1, -0.05) is 30.3 Å². The van der Waals surface area contributed by atoms with Crippen LogP contribution in [0.4, 0.5) is 13.2 Å². The van der Waals surface area contributed by atoms with Gasteiger partial charge in [-0.3, -0.25) is 0 Å². The van der Waals surface area contributed by atoms with Crippen molar-refractivity contribution in [2.75, 3.05) is 13.7 Å². The average molecular weight is 396 g/mol. The highest BCUT2D eigenvalue weighted by Crippen LogP contribution is 2.38. The Morgan fingerprint density at radius 2 is 1.96 bits per heavy atom. The number of rotatable bonds is 6. The van der Waals surface area contributed by atoms with Gasteiger partial charge in [0.15, 0.2) is 0 Å². The standard InChI is InChI=1S/C20H23F3N2OS/c1-26-18-10-9-16(27-20(21,22)23)12-15(18)13-25-17-8-5-11-24-19(17)14-6-3-2-4-7-14/h2-4,6-7,9-10,12,17,19,24-25H,5,8,11,13H2,1H3/t17-,19-/m1/s1. The van der Waals surface area contributed by atoms with Crippen LogP contribution >= 0.6 is 11.8 Å². The Morgan fingerprint density at radius 1 is 1.19 bits per heavy atom. The number of piperidine rings is 1. The van der Waals surface area contributed by atoms with Gasteiger partial charge in [-0.2, -0.15) is 13.2 Å². The largest absolute Gasteiger partial charge is 0.496 e. The smallest absolute Gasteiger partial charge is 0.446 e. The maximum Gasteiger partial charge on any atom is 0.446 e. The molecule has 27 heavy (non-hydrogen) atoms. The minimum atomic E-state index is -4.30. The molecule has 2 N–H and O–H groups in total.